The van der Waals surface area contributed by atoms with E-state index in [1.165, 1.54) is 6.92 Å². The molecule has 1 aromatic carbocycles. The van der Waals surface area contributed by atoms with E-state index < -0.39 is 33.7 Å². The van der Waals surface area contributed by atoms with Crippen LogP contribution in [0.3, 0.4) is 0 Å². The van der Waals surface area contributed by atoms with Gasteiger partial charge in [-0.15, -0.1) is 0 Å². The quantitative estimate of drug-likeness (QED) is 0.794. The minimum absolute atomic E-state index is 0.123. The number of aryl methyl sites for hydroxylation is 2. The average molecular weight is 343 g/mol. The Morgan fingerprint density at radius 2 is 1.78 bits per heavy atom. The molecule has 2 N–H and O–H groups in total. The molecule has 6 nitrogen and oxygen atoms in total. The number of hydrogen-bond acceptors (Lipinski definition) is 5. The number of nitrogens with one attached hydrogen (secondary N) is 1. The highest BCUT2D eigenvalue weighted by Crippen LogP contribution is 2.18. The van der Waals surface area contributed by atoms with Crippen LogP contribution >= 0.6 is 0 Å². The van der Waals surface area contributed by atoms with Gasteiger partial charge in [-0.25, -0.2) is 17.9 Å². The van der Waals surface area contributed by atoms with E-state index in [0.717, 1.165) is 5.56 Å². The first-order chi connectivity index (χ1) is 10.2. The van der Waals surface area contributed by atoms with Crippen LogP contribution in [0.4, 0.5) is 0 Å². The van der Waals surface area contributed by atoms with Gasteiger partial charge in [-0.1, -0.05) is 12.1 Å². The van der Waals surface area contributed by atoms with Crippen molar-refractivity contribution in [3.05, 3.63) is 29.3 Å². The van der Waals surface area contributed by atoms with Gasteiger partial charge < -0.3 is 9.84 Å². The summed E-state index contributed by atoms with van der Waals surface area (Å²) in [5.41, 5.74) is -1.35. The van der Waals surface area contributed by atoms with Crippen LogP contribution in [0.2, 0.25) is 0 Å². The van der Waals surface area contributed by atoms with Crippen LogP contribution in [0, 0.1) is 13.8 Å². The molecule has 0 aliphatic rings. The van der Waals surface area contributed by atoms with E-state index in [1.807, 2.05) is 6.07 Å². The molecular weight excluding hydrogens is 318 g/mol. The van der Waals surface area contributed by atoms with Crippen molar-refractivity contribution >= 4 is 16.0 Å². The molecular formula is C16H25NO5S. The molecule has 130 valence electrons. The van der Waals surface area contributed by atoms with E-state index in [1.54, 1.807) is 46.8 Å². The molecule has 0 amide bonds. The van der Waals surface area contributed by atoms with Crippen molar-refractivity contribution in [2.24, 2.45) is 0 Å². The van der Waals surface area contributed by atoms with Gasteiger partial charge in [-0.05, 0) is 58.7 Å². The fourth-order valence-electron chi connectivity index (χ4n) is 1.77. The first-order valence-electron chi connectivity index (χ1n) is 7.27. The van der Waals surface area contributed by atoms with Crippen molar-refractivity contribution in [1.82, 2.24) is 4.72 Å². The number of carbonyl (C=O) groups excluding carboxylic acids is 1. The monoisotopic (exact) mass is 343 g/mol. The Morgan fingerprint density at radius 3 is 2.30 bits per heavy atom. The fourth-order valence-corrected chi connectivity index (χ4v) is 3.23. The van der Waals surface area contributed by atoms with Crippen LogP contribution in [0.5, 0.6) is 0 Å². The molecule has 1 aromatic rings. The van der Waals surface area contributed by atoms with Gasteiger partial charge in [0, 0.05) is 0 Å². The zero-order valence-corrected chi connectivity index (χ0v) is 15.2. The molecule has 1 atom stereocenters. The number of ether oxygens (including phenoxy) is 1. The lowest BCUT2D eigenvalue weighted by Gasteiger charge is -2.27. The zero-order valence-electron chi connectivity index (χ0n) is 14.4. The number of esters is 1. The molecule has 0 spiro atoms. The van der Waals surface area contributed by atoms with E-state index in [2.05, 4.69) is 4.72 Å². The van der Waals surface area contributed by atoms with Gasteiger partial charge in [0.1, 0.15) is 5.60 Å². The largest absolute Gasteiger partial charge is 0.458 e. The summed E-state index contributed by atoms with van der Waals surface area (Å²) in [6.07, 6.45) is 0. The van der Waals surface area contributed by atoms with Gasteiger partial charge in [0.2, 0.25) is 10.0 Å². The SMILES string of the molecule is Cc1ccc(C)c(S(=O)(=O)NC[C@](C)(O)C(=O)OC(C)(C)C)c1. The van der Waals surface area contributed by atoms with Crippen LogP contribution < -0.4 is 4.72 Å². The third-order valence-corrected chi connectivity index (χ3v) is 4.62. The maximum Gasteiger partial charge on any atom is 0.339 e. The number of sulfonamides is 1. The normalized spacial score (nSPS) is 15.1. The smallest absolute Gasteiger partial charge is 0.339 e. The predicted octanol–water partition coefficient (Wildman–Crippen LogP) is 1.67. The van der Waals surface area contributed by atoms with E-state index >= 15 is 0 Å². The van der Waals surface area contributed by atoms with Gasteiger partial charge in [0.25, 0.3) is 0 Å². The number of carbonyl (C=O) groups is 1. The summed E-state index contributed by atoms with van der Waals surface area (Å²) < 4.78 is 32.1. The molecule has 0 saturated heterocycles. The van der Waals surface area contributed by atoms with E-state index in [9.17, 15) is 18.3 Å². The summed E-state index contributed by atoms with van der Waals surface area (Å²) in [7, 11) is -3.84. The summed E-state index contributed by atoms with van der Waals surface area (Å²) >= 11 is 0. The fraction of sp³-hybridized carbons (Fsp3) is 0.562. The molecule has 0 radical (unpaired) electrons. The zero-order chi connectivity index (χ0) is 18.1. The molecule has 0 saturated carbocycles. The minimum Gasteiger partial charge on any atom is -0.458 e. The second kappa shape index (κ2) is 6.59. The third-order valence-electron chi connectivity index (χ3n) is 3.08. The molecule has 23 heavy (non-hydrogen) atoms. The number of aliphatic hydroxyl groups is 1. The van der Waals surface area contributed by atoms with Crippen molar-refractivity contribution in [1.29, 1.82) is 0 Å². The number of benzene rings is 1. The first kappa shape index (κ1) is 19.6. The van der Waals surface area contributed by atoms with Crippen molar-refractivity contribution in [2.75, 3.05) is 6.54 Å². The van der Waals surface area contributed by atoms with Crippen LogP contribution in [-0.4, -0.2) is 37.2 Å². The molecule has 0 aliphatic heterocycles. The molecule has 7 heteroatoms. The second-order valence-electron chi connectivity index (χ2n) is 6.87. The van der Waals surface area contributed by atoms with E-state index in [-0.39, 0.29) is 4.90 Å². The van der Waals surface area contributed by atoms with Crippen molar-refractivity contribution in [3.63, 3.8) is 0 Å². The molecule has 0 unspecified atom stereocenters. The molecule has 0 bridgehead atoms. The highest BCUT2D eigenvalue weighted by molar-refractivity contribution is 7.89. The summed E-state index contributed by atoms with van der Waals surface area (Å²) in [6.45, 7) is 9.21. The van der Waals surface area contributed by atoms with Gasteiger partial charge in [0.05, 0.1) is 11.4 Å². The topological polar surface area (TPSA) is 92.7 Å². The average Bonchev–Trinajstić information content (AvgIpc) is 2.37. The lowest BCUT2D eigenvalue weighted by atomic mass is 10.1. The van der Waals surface area contributed by atoms with Gasteiger partial charge in [-0.2, -0.15) is 0 Å². The summed E-state index contributed by atoms with van der Waals surface area (Å²) in [5.74, 6) is -0.881. The van der Waals surface area contributed by atoms with Crippen LogP contribution in [0.25, 0.3) is 0 Å². The third kappa shape index (κ3) is 5.60. The highest BCUT2D eigenvalue weighted by atomic mass is 32.2. The Hall–Kier alpha value is -1.44. The van der Waals surface area contributed by atoms with E-state index in [0.29, 0.717) is 5.56 Å². The van der Waals surface area contributed by atoms with Crippen molar-refractivity contribution in [2.45, 2.75) is 57.6 Å². The number of rotatable bonds is 5. The Bertz CT molecular complexity index is 687. The second-order valence-corrected chi connectivity index (χ2v) is 8.60. The molecule has 1 rings (SSSR count). The Morgan fingerprint density at radius 1 is 1.22 bits per heavy atom. The summed E-state index contributed by atoms with van der Waals surface area (Å²) in [4.78, 5) is 12.1. The molecule has 0 heterocycles. The van der Waals surface area contributed by atoms with E-state index in [4.69, 9.17) is 4.74 Å². The van der Waals surface area contributed by atoms with Crippen LogP contribution in [0.15, 0.2) is 23.1 Å². The maximum absolute atomic E-state index is 12.4. The molecule has 0 fully saturated rings. The van der Waals surface area contributed by atoms with Crippen molar-refractivity contribution < 1.29 is 23.1 Å². The molecule has 0 aliphatic carbocycles. The Kier molecular flexibility index (Phi) is 5.61. The van der Waals surface area contributed by atoms with Crippen LogP contribution in [-0.2, 0) is 19.6 Å². The molecule has 0 aromatic heterocycles. The first-order valence-corrected chi connectivity index (χ1v) is 8.76. The standard InChI is InChI=1S/C16H25NO5S/c1-11-7-8-12(2)13(9-11)23(20,21)17-10-16(6,19)14(18)22-15(3,4)5/h7-9,17,19H,10H2,1-6H3/t16-/m0/s1. The lowest BCUT2D eigenvalue weighted by molar-refractivity contribution is -0.174. The Labute approximate surface area is 137 Å². The van der Waals surface area contributed by atoms with Gasteiger partial charge in [0.15, 0.2) is 5.60 Å². The van der Waals surface area contributed by atoms with Crippen molar-refractivity contribution in [3.8, 4) is 0 Å². The Balaban J connectivity index is 2.91. The summed E-state index contributed by atoms with van der Waals surface area (Å²) in [6, 6.07) is 5.06. The van der Waals surface area contributed by atoms with Crippen LogP contribution in [0.1, 0.15) is 38.8 Å². The number of hydrogen-bond donors (Lipinski definition) is 2. The minimum atomic E-state index is -3.84. The highest BCUT2D eigenvalue weighted by Gasteiger charge is 2.36. The lowest BCUT2D eigenvalue weighted by Crippen LogP contribution is -2.49. The van der Waals surface area contributed by atoms with Gasteiger partial charge >= 0.3 is 5.97 Å². The predicted molar refractivity (Wildman–Crippen MR) is 87.6 cm³/mol. The maximum atomic E-state index is 12.4. The summed E-state index contributed by atoms with van der Waals surface area (Å²) in [5, 5.41) is 10.2. The van der Waals surface area contributed by atoms with Gasteiger partial charge in [-0.3, -0.25) is 0 Å².